The van der Waals surface area contributed by atoms with Gasteiger partial charge < -0.3 is 10.0 Å². The Labute approximate surface area is 93.3 Å². The number of hydrogen-bond donors (Lipinski definition) is 1. The zero-order chi connectivity index (χ0) is 11.3. The molecule has 1 aliphatic heterocycles. The molecule has 3 rings (SSSR count). The Bertz CT molecular complexity index is 379. The lowest BCUT2D eigenvalue weighted by atomic mass is 10.2. The second kappa shape index (κ2) is 3.23. The Morgan fingerprint density at radius 2 is 2.25 bits per heavy atom. The minimum Gasteiger partial charge on any atom is -0.465 e. The van der Waals surface area contributed by atoms with Gasteiger partial charge in [-0.15, -0.1) is 0 Å². The summed E-state index contributed by atoms with van der Waals surface area (Å²) in [5, 5.41) is 8.80. The summed E-state index contributed by atoms with van der Waals surface area (Å²) in [6.07, 6.45) is 4.43. The van der Waals surface area contributed by atoms with Crippen LogP contribution in [0.25, 0.3) is 0 Å². The molecule has 86 valence electrons. The van der Waals surface area contributed by atoms with E-state index in [0.29, 0.717) is 31.0 Å². The van der Waals surface area contributed by atoms with E-state index < -0.39 is 6.09 Å². The lowest BCUT2D eigenvalue weighted by Gasteiger charge is -2.33. The van der Waals surface area contributed by atoms with Gasteiger partial charge in [0.25, 0.3) is 0 Å². The third kappa shape index (κ3) is 1.31. The number of fused-ring (bicyclic) bond motifs is 1. The van der Waals surface area contributed by atoms with Crippen molar-refractivity contribution in [1.82, 2.24) is 9.80 Å². The summed E-state index contributed by atoms with van der Waals surface area (Å²) in [5.74, 6) is 1.11. The first-order chi connectivity index (χ1) is 7.68. The molecule has 2 fully saturated rings. The lowest BCUT2D eigenvalue weighted by molar-refractivity contribution is -0.136. The zero-order valence-electron chi connectivity index (χ0n) is 8.87. The van der Waals surface area contributed by atoms with Crippen LogP contribution in [0.3, 0.4) is 0 Å². The highest BCUT2D eigenvalue weighted by atomic mass is 16.4. The van der Waals surface area contributed by atoms with Gasteiger partial charge in [-0.3, -0.25) is 9.69 Å². The molecule has 0 aromatic heterocycles. The molecule has 1 N–H and O–H groups in total. The van der Waals surface area contributed by atoms with Crippen LogP contribution in [0.4, 0.5) is 4.79 Å². The van der Waals surface area contributed by atoms with Crippen LogP contribution >= 0.6 is 0 Å². The molecule has 0 aromatic rings. The number of carbonyl (C=O) groups is 2. The van der Waals surface area contributed by atoms with E-state index in [4.69, 9.17) is 5.11 Å². The molecule has 0 bridgehead atoms. The highest BCUT2D eigenvalue weighted by Gasteiger charge is 2.55. The first-order valence-corrected chi connectivity index (χ1v) is 5.62. The highest BCUT2D eigenvalue weighted by Crippen LogP contribution is 2.51. The lowest BCUT2D eigenvalue weighted by Crippen LogP contribution is -2.53. The quantitative estimate of drug-likeness (QED) is 0.652. The van der Waals surface area contributed by atoms with E-state index >= 15 is 0 Å². The maximum Gasteiger partial charge on any atom is 0.407 e. The number of rotatable bonds is 1. The van der Waals surface area contributed by atoms with E-state index in [1.54, 1.807) is 0 Å². The van der Waals surface area contributed by atoms with Gasteiger partial charge in [0.15, 0.2) is 0 Å². The average molecular weight is 222 g/mol. The second-order valence-corrected chi connectivity index (χ2v) is 4.69. The zero-order valence-corrected chi connectivity index (χ0v) is 8.87. The van der Waals surface area contributed by atoms with Crippen molar-refractivity contribution < 1.29 is 14.7 Å². The minimum absolute atomic E-state index is 0.0228. The summed E-state index contributed by atoms with van der Waals surface area (Å²) in [4.78, 5) is 25.6. The van der Waals surface area contributed by atoms with Crippen molar-refractivity contribution in [3.05, 3.63) is 12.2 Å². The van der Waals surface area contributed by atoms with Gasteiger partial charge in [-0.1, -0.05) is 12.2 Å². The monoisotopic (exact) mass is 222 g/mol. The summed E-state index contributed by atoms with van der Waals surface area (Å²) in [6, 6.07) is 0.355. The van der Waals surface area contributed by atoms with Gasteiger partial charge in [0.1, 0.15) is 6.54 Å². The van der Waals surface area contributed by atoms with Crippen LogP contribution in [0, 0.1) is 11.8 Å². The Kier molecular flexibility index (Phi) is 1.96. The fourth-order valence-corrected chi connectivity index (χ4v) is 2.93. The summed E-state index contributed by atoms with van der Waals surface area (Å²) < 4.78 is 0. The van der Waals surface area contributed by atoms with E-state index in [-0.39, 0.29) is 12.5 Å². The third-order valence-electron chi connectivity index (χ3n) is 3.84. The SMILES string of the molecule is O=C(O)N1CCN(C2C3C=CCC32)C(=O)C1. The van der Waals surface area contributed by atoms with Crippen LogP contribution in [-0.4, -0.2) is 52.6 Å². The number of amides is 2. The van der Waals surface area contributed by atoms with Crippen molar-refractivity contribution in [2.45, 2.75) is 12.5 Å². The number of hydrogen-bond acceptors (Lipinski definition) is 2. The van der Waals surface area contributed by atoms with Crippen molar-refractivity contribution >= 4 is 12.0 Å². The van der Waals surface area contributed by atoms with Crippen LogP contribution in [-0.2, 0) is 4.79 Å². The molecule has 0 radical (unpaired) electrons. The maximum atomic E-state index is 11.8. The van der Waals surface area contributed by atoms with E-state index in [1.165, 1.54) is 4.90 Å². The Balaban J connectivity index is 1.65. The molecule has 0 aromatic carbocycles. The predicted octanol–water partition coefficient (Wildman–Crippen LogP) is 0.383. The van der Waals surface area contributed by atoms with E-state index in [2.05, 4.69) is 12.2 Å². The predicted molar refractivity (Wildman–Crippen MR) is 55.8 cm³/mol. The molecule has 2 aliphatic carbocycles. The van der Waals surface area contributed by atoms with Gasteiger partial charge in [-0.05, 0) is 12.3 Å². The van der Waals surface area contributed by atoms with Crippen LogP contribution < -0.4 is 0 Å². The van der Waals surface area contributed by atoms with Crippen molar-refractivity contribution in [3.8, 4) is 0 Å². The van der Waals surface area contributed by atoms with E-state index in [1.807, 2.05) is 4.90 Å². The Hall–Kier alpha value is -1.52. The molecule has 1 saturated heterocycles. The summed E-state index contributed by atoms with van der Waals surface area (Å²) in [5.41, 5.74) is 0. The largest absolute Gasteiger partial charge is 0.465 e. The minimum atomic E-state index is -0.996. The molecule has 3 atom stereocenters. The van der Waals surface area contributed by atoms with Crippen molar-refractivity contribution in [1.29, 1.82) is 0 Å². The molecule has 16 heavy (non-hydrogen) atoms. The van der Waals surface area contributed by atoms with Gasteiger partial charge in [-0.2, -0.15) is 0 Å². The molecule has 0 spiro atoms. The van der Waals surface area contributed by atoms with Crippen LogP contribution in [0.2, 0.25) is 0 Å². The molecule has 2 amide bonds. The van der Waals surface area contributed by atoms with Crippen LogP contribution in [0.15, 0.2) is 12.2 Å². The van der Waals surface area contributed by atoms with Crippen LogP contribution in [0.5, 0.6) is 0 Å². The van der Waals surface area contributed by atoms with Gasteiger partial charge in [0.05, 0.1) is 0 Å². The molecule has 1 saturated carbocycles. The number of allylic oxidation sites excluding steroid dienone is 1. The standard InChI is InChI=1S/C11H14N2O3/c14-9-6-12(11(15)16)4-5-13(9)10-7-2-1-3-8(7)10/h1-2,7-8,10H,3-6H2,(H,15,16). The molecule has 5 nitrogen and oxygen atoms in total. The van der Waals surface area contributed by atoms with Crippen molar-refractivity contribution in [2.75, 3.05) is 19.6 Å². The smallest absolute Gasteiger partial charge is 0.407 e. The molecule has 1 heterocycles. The van der Waals surface area contributed by atoms with Gasteiger partial charge in [0, 0.05) is 25.0 Å². The Morgan fingerprint density at radius 3 is 2.81 bits per heavy atom. The molecular formula is C11H14N2O3. The number of nitrogens with zero attached hydrogens (tertiary/aromatic N) is 2. The summed E-state index contributed by atoms with van der Waals surface area (Å²) >= 11 is 0. The van der Waals surface area contributed by atoms with Crippen molar-refractivity contribution in [2.24, 2.45) is 11.8 Å². The highest BCUT2D eigenvalue weighted by molar-refractivity contribution is 5.83. The maximum absolute atomic E-state index is 11.8. The van der Waals surface area contributed by atoms with Gasteiger partial charge in [-0.25, -0.2) is 4.79 Å². The third-order valence-corrected chi connectivity index (χ3v) is 3.84. The molecule has 5 heteroatoms. The normalized spacial score (nSPS) is 36.5. The number of carbonyl (C=O) groups excluding carboxylic acids is 1. The molecule has 3 unspecified atom stereocenters. The van der Waals surface area contributed by atoms with E-state index in [0.717, 1.165) is 6.42 Å². The number of piperazine rings is 1. The average Bonchev–Trinajstić information content (AvgIpc) is 2.71. The first-order valence-electron chi connectivity index (χ1n) is 5.62. The summed E-state index contributed by atoms with van der Waals surface area (Å²) in [6.45, 7) is 1.02. The fourth-order valence-electron chi connectivity index (χ4n) is 2.93. The second-order valence-electron chi connectivity index (χ2n) is 4.69. The molecule has 3 aliphatic rings. The van der Waals surface area contributed by atoms with E-state index in [9.17, 15) is 9.59 Å². The van der Waals surface area contributed by atoms with Crippen molar-refractivity contribution in [3.63, 3.8) is 0 Å². The number of carboxylic acid groups (broad SMARTS) is 1. The Morgan fingerprint density at radius 1 is 1.44 bits per heavy atom. The summed E-state index contributed by atoms with van der Waals surface area (Å²) in [7, 11) is 0. The van der Waals surface area contributed by atoms with Gasteiger partial charge in [0.2, 0.25) is 5.91 Å². The van der Waals surface area contributed by atoms with Gasteiger partial charge >= 0.3 is 6.09 Å². The molecular weight excluding hydrogens is 208 g/mol. The topological polar surface area (TPSA) is 60.9 Å². The van der Waals surface area contributed by atoms with Crippen LogP contribution in [0.1, 0.15) is 6.42 Å². The first kappa shape index (κ1) is 9.69. The fraction of sp³-hybridized carbons (Fsp3) is 0.636.